The zero-order valence-corrected chi connectivity index (χ0v) is 15.5. The summed E-state index contributed by atoms with van der Waals surface area (Å²) in [5.41, 5.74) is -2.74. The van der Waals surface area contributed by atoms with E-state index in [4.69, 9.17) is 4.74 Å². The van der Waals surface area contributed by atoms with E-state index in [1.807, 2.05) is 13.8 Å². The first kappa shape index (κ1) is 19.7. The maximum absolute atomic E-state index is 13.5. The summed E-state index contributed by atoms with van der Waals surface area (Å²) < 4.78 is 47.2. The highest BCUT2D eigenvalue weighted by molar-refractivity contribution is 5.81. The van der Waals surface area contributed by atoms with Crippen molar-refractivity contribution in [3.05, 3.63) is 34.2 Å². The summed E-state index contributed by atoms with van der Waals surface area (Å²) in [6.45, 7) is 6.05. The maximum Gasteiger partial charge on any atom is 0.417 e. The fourth-order valence-corrected chi connectivity index (χ4v) is 3.42. The van der Waals surface area contributed by atoms with Gasteiger partial charge in [-0.3, -0.25) is 9.36 Å². The third kappa shape index (κ3) is 4.10. The van der Waals surface area contributed by atoms with E-state index < -0.39 is 22.9 Å². The number of ether oxygens (including phenoxy) is 1. The molecule has 1 fully saturated rings. The summed E-state index contributed by atoms with van der Waals surface area (Å²) in [5, 5.41) is 9.77. The van der Waals surface area contributed by atoms with Gasteiger partial charge >= 0.3 is 6.18 Å². The van der Waals surface area contributed by atoms with E-state index in [0.717, 1.165) is 6.42 Å². The summed E-state index contributed by atoms with van der Waals surface area (Å²) >= 11 is 0. The molecule has 0 unspecified atom stereocenters. The van der Waals surface area contributed by atoms with E-state index >= 15 is 0 Å². The van der Waals surface area contributed by atoms with Crippen LogP contribution in [0.3, 0.4) is 0 Å². The van der Waals surface area contributed by atoms with Gasteiger partial charge in [0.05, 0.1) is 24.0 Å². The van der Waals surface area contributed by atoms with Gasteiger partial charge in [0.1, 0.15) is 11.4 Å². The zero-order valence-electron chi connectivity index (χ0n) is 15.5. The van der Waals surface area contributed by atoms with Crippen LogP contribution >= 0.6 is 0 Å². The van der Waals surface area contributed by atoms with Crippen molar-refractivity contribution in [2.45, 2.75) is 57.9 Å². The Morgan fingerprint density at radius 2 is 2.04 bits per heavy atom. The van der Waals surface area contributed by atoms with Gasteiger partial charge in [0.2, 0.25) is 0 Å². The number of nitrogens with zero attached hydrogens (tertiary/aromatic N) is 2. The van der Waals surface area contributed by atoms with Crippen LogP contribution in [0.4, 0.5) is 13.2 Å². The number of alkyl halides is 3. The molecule has 27 heavy (non-hydrogen) atoms. The SMILES string of the molecule is CC(C)CCOc1cnc2c(c1)c(C(F)(F)F)cc(=O)n2C1CC(C)(O)C1. The van der Waals surface area contributed by atoms with Crippen molar-refractivity contribution in [1.29, 1.82) is 0 Å². The average Bonchev–Trinajstić information content (AvgIpc) is 2.51. The third-order valence-corrected chi connectivity index (χ3v) is 4.85. The summed E-state index contributed by atoms with van der Waals surface area (Å²) in [7, 11) is 0. The molecule has 3 rings (SSSR count). The number of aromatic nitrogens is 2. The van der Waals surface area contributed by atoms with Crippen LogP contribution in [0.5, 0.6) is 5.75 Å². The van der Waals surface area contributed by atoms with Crippen LogP contribution < -0.4 is 10.3 Å². The number of hydrogen-bond donors (Lipinski definition) is 1. The molecule has 0 aliphatic heterocycles. The predicted molar refractivity (Wildman–Crippen MR) is 94.8 cm³/mol. The predicted octanol–water partition coefficient (Wildman–Crippen LogP) is 3.93. The van der Waals surface area contributed by atoms with Crippen LogP contribution in [0.1, 0.15) is 51.6 Å². The van der Waals surface area contributed by atoms with Crippen molar-refractivity contribution >= 4 is 11.0 Å². The van der Waals surface area contributed by atoms with Crippen LogP contribution in [-0.4, -0.2) is 26.9 Å². The number of fused-ring (bicyclic) bond motifs is 1. The molecule has 0 aromatic carbocycles. The minimum absolute atomic E-state index is 0.0356. The van der Waals surface area contributed by atoms with Crippen molar-refractivity contribution in [2.24, 2.45) is 5.92 Å². The third-order valence-electron chi connectivity index (χ3n) is 4.85. The fourth-order valence-electron chi connectivity index (χ4n) is 3.42. The molecule has 1 N–H and O–H groups in total. The smallest absolute Gasteiger partial charge is 0.417 e. The molecule has 8 heteroatoms. The molecule has 2 aromatic rings. The molecule has 0 atom stereocenters. The fraction of sp³-hybridized carbons (Fsp3) is 0.579. The normalized spacial score (nSPS) is 22.9. The van der Waals surface area contributed by atoms with E-state index in [1.165, 1.54) is 16.8 Å². The highest BCUT2D eigenvalue weighted by atomic mass is 19.4. The second-order valence-corrected chi connectivity index (χ2v) is 7.90. The lowest BCUT2D eigenvalue weighted by Crippen LogP contribution is -2.45. The molecule has 1 saturated carbocycles. The van der Waals surface area contributed by atoms with Crippen molar-refractivity contribution in [3.63, 3.8) is 0 Å². The Balaban J connectivity index is 2.07. The number of halogens is 3. The quantitative estimate of drug-likeness (QED) is 0.849. The Bertz CT molecular complexity index is 895. The molecule has 148 valence electrons. The van der Waals surface area contributed by atoms with Crippen molar-refractivity contribution in [2.75, 3.05) is 6.61 Å². The van der Waals surface area contributed by atoms with Gasteiger partial charge in [-0.15, -0.1) is 0 Å². The molecule has 0 bridgehead atoms. The molecule has 0 spiro atoms. The lowest BCUT2D eigenvalue weighted by Gasteiger charge is -2.42. The Morgan fingerprint density at radius 3 is 2.59 bits per heavy atom. The van der Waals surface area contributed by atoms with E-state index in [9.17, 15) is 23.1 Å². The summed E-state index contributed by atoms with van der Waals surface area (Å²) in [6, 6.07) is 1.52. The Labute approximate surface area is 154 Å². The molecule has 2 aromatic heterocycles. The molecule has 1 aliphatic carbocycles. The molecule has 0 saturated heterocycles. The van der Waals surface area contributed by atoms with Crippen molar-refractivity contribution in [1.82, 2.24) is 9.55 Å². The first-order valence-corrected chi connectivity index (χ1v) is 8.95. The highest BCUT2D eigenvalue weighted by Gasteiger charge is 2.42. The monoisotopic (exact) mass is 384 g/mol. The molecule has 5 nitrogen and oxygen atoms in total. The highest BCUT2D eigenvalue weighted by Crippen LogP contribution is 2.42. The maximum atomic E-state index is 13.5. The van der Waals surface area contributed by atoms with E-state index in [0.29, 0.717) is 31.4 Å². The standard InChI is InChI=1S/C19H23F3N2O3/c1-11(2)4-5-27-13-6-14-15(19(20,21)22)7-16(25)24(17(14)23-10-13)12-8-18(3,26)9-12/h6-7,10-12,26H,4-5,8-9H2,1-3H3. The number of pyridine rings is 2. The average molecular weight is 384 g/mol. The van der Waals surface area contributed by atoms with E-state index in [1.54, 1.807) is 6.92 Å². The Morgan fingerprint density at radius 1 is 1.37 bits per heavy atom. The van der Waals surface area contributed by atoms with Gasteiger partial charge in [-0.2, -0.15) is 13.2 Å². The number of rotatable bonds is 5. The van der Waals surface area contributed by atoms with Gasteiger partial charge in [-0.1, -0.05) is 13.8 Å². The zero-order chi connectivity index (χ0) is 20.0. The second-order valence-electron chi connectivity index (χ2n) is 7.90. The largest absolute Gasteiger partial charge is 0.492 e. The number of aliphatic hydroxyl groups is 1. The van der Waals surface area contributed by atoms with E-state index in [2.05, 4.69) is 4.98 Å². The van der Waals surface area contributed by atoms with Crippen LogP contribution in [-0.2, 0) is 6.18 Å². The van der Waals surface area contributed by atoms with Crippen molar-refractivity contribution < 1.29 is 23.0 Å². The lowest BCUT2D eigenvalue weighted by atomic mass is 9.77. The molecular weight excluding hydrogens is 361 g/mol. The number of hydrogen-bond acceptors (Lipinski definition) is 4. The minimum atomic E-state index is -4.68. The summed E-state index contributed by atoms with van der Waals surface area (Å²) in [6.07, 6.45) is -1.99. The molecular formula is C19H23F3N2O3. The van der Waals surface area contributed by atoms with Gasteiger partial charge in [0.25, 0.3) is 5.56 Å². The molecule has 0 amide bonds. The van der Waals surface area contributed by atoms with Crippen LogP contribution in [0.25, 0.3) is 11.0 Å². The van der Waals surface area contributed by atoms with Crippen molar-refractivity contribution in [3.8, 4) is 5.75 Å². The summed E-state index contributed by atoms with van der Waals surface area (Å²) in [5.74, 6) is 0.639. The minimum Gasteiger partial charge on any atom is -0.492 e. The summed E-state index contributed by atoms with van der Waals surface area (Å²) in [4.78, 5) is 16.5. The van der Waals surface area contributed by atoms with Gasteiger partial charge in [0.15, 0.2) is 0 Å². The Hall–Kier alpha value is -2.09. The lowest BCUT2D eigenvalue weighted by molar-refractivity contribution is -0.136. The van der Waals surface area contributed by atoms with Crippen LogP contribution in [0.2, 0.25) is 0 Å². The van der Waals surface area contributed by atoms with Crippen LogP contribution in [0.15, 0.2) is 23.1 Å². The Kier molecular flexibility index (Phi) is 4.96. The van der Waals surface area contributed by atoms with Gasteiger partial charge in [-0.05, 0) is 38.2 Å². The van der Waals surface area contributed by atoms with E-state index in [-0.39, 0.29) is 22.8 Å². The topological polar surface area (TPSA) is 64.3 Å². The molecule has 1 aliphatic rings. The second kappa shape index (κ2) is 6.82. The first-order valence-electron chi connectivity index (χ1n) is 8.95. The molecule has 0 radical (unpaired) electrons. The van der Waals surface area contributed by atoms with Gasteiger partial charge in [-0.25, -0.2) is 4.98 Å². The first-order chi connectivity index (χ1) is 12.5. The van der Waals surface area contributed by atoms with Gasteiger partial charge in [0, 0.05) is 17.5 Å². The van der Waals surface area contributed by atoms with Crippen LogP contribution in [0, 0.1) is 5.92 Å². The molecule has 2 heterocycles. The van der Waals surface area contributed by atoms with Gasteiger partial charge < -0.3 is 9.84 Å².